The number of nitrogens with zero attached hydrogens (tertiary/aromatic N) is 1. The summed E-state index contributed by atoms with van der Waals surface area (Å²) in [7, 11) is -0.772. The van der Waals surface area contributed by atoms with Crippen molar-refractivity contribution in [2.24, 2.45) is 0 Å². The lowest BCUT2D eigenvalue weighted by Gasteiger charge is -2.20. The highest BCUT2D eigenvalue weighted by Crippen LogP contribution is 2.35. The van der Waals surface area contributed by atoms with Crippen molar-refractivity contribution in [1.29, 1.82) is 0 Å². The van der Waals surface area contributed by atoms with Gasteiger partial charge in [0.15, 0.2) is 0 Å². The lowest BCUT2D eigenvalue weighted by molar-refractivity contribution is -0.137. The Hall–Kier alpha value is -2.22. The van der Waals surface area contributed by atoms with Gasteiger partial charge in [0.25, 0.3) is 10.0 Å². The van der Waals surface area contributed by atoms with Crippen molar-refractivity contribution in [1.82, 2.24) is 0 Å². The van der Waals surface area contributed by atoms with E-state index in [9.17, 15) is 21.6 Å². The molecule has 2 rings (SSSR count). The summed E-state index contributed by atoms with van der Waals surface area (Å²) in [6, 6.07) is 9.35. The van der Waals surface area contributed by atoms with Crippen LogP contribution in [0, 0.1) is 0 Å². The predicted molar refractivity (Wildman–Crippen MR) is 102 cm³/mol. The molecule has 0 bridgehead atoms. The molecule has 0 heterocycles. The zero-order valence-corrected chi connectivity index (χ0v) is 16.4. The fraction of sp³-hybridized carbons (Fsp3) is 0.368. The third-order valence-electron chi connectivity index (χ3n) is 4.42. The Labute approximate surface area is 158 Å². The van der Waals surface area contributed by atoms with Crippen LogP contribution < -0.4 is 9.62 Å². The number of nitrogens with one attached hydrogen (secondary N) is 1. The summed E-state index contributed by atoms with van der Waals surface area (Å²) < 4.78 is 66.7. The topological polar surface area (TPSA) is 49.4 Å². The number of sulfonamides is 1. The first-order chi connectivity index (χ1) is 12.5. The van der Waals surface area contributed by atoms with Crippen LogP contribution in [0.15, 0.2) is 47.4 Å². The third kappa shape index (κ3) is 4.94. The third-order valence-corrected chi connectivity index (χ3v) is 5.80. The summed E-state index contributed by atoms with van der Waals surface area (Å²) in [5, 5.41) is 0. The summed E-state index contributed by atoms with van der Waals surface area (Å²) in [6.07, 6.45) is -3.65. The van der Waals surface area contributed by atoms with Gasteiger partial charge in [-0.15, -0.1) is 0 Å². The monoisotopic (exact) mass is 400 g/mol. The van der Waals surface area contributed by atoms with Crippen LogP contribution in [-0.2, 0) is 16.2 Å². The van der Waals surface area contributed by atoms with E-state index < -0.39 is 21.8 Å². The van der Waals surface area contributed by atoms with Crippen LogP contribution in [0.5, 0.6) is 0 Å². The van der Waals surface area contributed by atoms with Gasteiger partial charge in [0, 0.05) is 14.1 Å². The van der Waals surface area contributed by atoms with Gasteiger partial charge < -0.3 is 4.90 Å². The Kier molecular flexibility index (Phi) is 6.09. The molecule has 0 fully saturated rings. The van der Waals surface area contributed by atoms with Crippen molar-refractivity contribution >= 4 is 21.4 Å². The van der Waals surface area contributed by atoms with Crippen LogP contribution in [0.4, 0.5) is 24.5 Å². The van der Waals surface area contributed by atoms with E-state index in [2.05, 4.69) is 4.72 Å². The minimum absolute atomic E-state index is 0.00308. The van der Waals surface area contributed by atoms with Crippen molar-refractivity contribution in [3.63, 3.8) is 0 Å². The van der Waals surface area contributed by atoms with E-state index in [1.807, 2.05) is 13.8 Å². The minimum atomic E-state index is -4.57. The fourth-order valence-corrected chi connectivity index (χ4v) is 3.66. The molecule has 2 aromatic rings. The molecular weight excluding hydrogens is 377 g/mol. The molecule has 27 heavy (non-hydrogen) atoms. The summed E-state index contributed by atoms with van der Waals surface area (Å²) in [5.41, 5.74) is 0.297. The maximum atomic E-state index is 13.0. The molecule has 0 spiro atoms. The second-order valence-electron chi connectivity index (χ2n) is 6.61. The highest BCUT2D eigenvalue weighted by atomic mass is 32.2. The lowest BCUT2D eigenvalue weighted by Crippen LogP contribution is -2.18. The highest BCUT2D eigenvalue weighted by Gasteiger charge is 2.31. The number of hydrogen-bond donors (Lipinski definition) is 1. The number of rotatable bonds is 6. The number of halogens is 3. The molecule has 2 aromatic carbocycles. The molecule has 0 aliphatic carbocycles. The largest absolute Gasteiger partial charge is 0.416 e. The average molecular weight is 400 g/mol. The number of benzene rings is 2. The van der Waals surface area contributed by atoms with E-state index in [1.54, 1.807) is 31.1 Å². The van der Waals surface area contributed by atoms with Crippen molar-refractivity contribution in [2.45, 2.75) is 37.3 Å². The molecule has 0 saturated carbocycles. The van der Waals surface area contributed by atoms with Crippen LogP contribution in [0.25, 0.3) is 0 Å². The van der Waals surface area contributed by atoms with Gasteiger partial charge in [0.2, 0.25) is 0 Å². The normalized spacial score (nSPS) is 13.3. The minimum Gasteiger partial charge on any atom is -0.376 e. The van der Waals surface area contributed by atoms with E-state index in [1.165, 1.54) is 18.2 Å². The van der Waals surface area contributed by atoms with E-state index in [0.717, 1.165) is 24.1 Å². The van der Waals surface area contributed by atoms with Gasteiger partial charge in [-0.3, -0.25) is 4.72 Å². The summed E-state index contributed by atoms with van der Waals surface area (Å²) >= 11 is 0. The van der Waals surface area contributed by atoms with Gasteiger partial charge >= 0.3 is 6.18 Å². The summed E-state index contributed by atoms with van der Waals surface area (Å²) in [5.74, 6) is 0.290. The second-order valence-corrected chi connectivity index (χ2v) is 8.29. The SMILES string of the molecule is CC[C@@H](C)c1ccc(S(=O)(=O)Nc2cc(C(F)(F)F)ccc2N(C)C)cc1. The van der Waals surface area contributed by atoms with Gasteiger partial charge in [-0.1, -0.05) is 26.0 Å². The van der Waals surface area contributed by atoms with Crippen LogP contribution >= 0.6 is 0 Å². The molecule has 0 saturated heterocycles. The zero-order valence-electron chi connectivity index (χ0n) is 15.6. The molecule has 0 aliphatic heterocycles. The summed E-state index contributed by atoms with van der Waals surface area (Å²) in [6.45, 7) is 4.07. The van der Waals surface area contributed by atoms with Crippen molar-refractivity contribution in [2.75, 3.05) is 23.7 Å². The van der Waals surface area contributed by atoms with Gasteiger partial charge in [-0.2, -0.15) is 13.2 Å². The molecule has 1 atom stereocenters. The molecule has 148 valence electrons. The molecule has 0 unspecified atom stereocenters. The number of anilines is 2. The standard InChI is InChI=1S/C19H23F3N2O2S/c1-5-13(2)14-6-9-16(10-7-14)27(25,26)23-17-12-15(19(20,21)22)8-11-18(17)24(3)4/h6-13,23H,5H2,1-4H3/t13-/m1/s1. The molecule has 4 nitrogen and oxygen atoms in total. The predicted octanol–water partition coefficient (Wildman–Crippen LogP) is 5.09. The first kappa shape index (κ1) is 21.1. The van der Waals surface area contributed by atoms with Crippen molar-refractivity contribution in [3.8, 4) is 0 Å². The average Bonchev–Trinajstić information content (AvgIpc) is 2.59. The van der Waals surface area contributed by atoms with E-state index in [4.69, 9.17) is 0 Å². The molecular formula is C19H23F3N2O2S. The smallest absolute Gasteiger partial charge is 0.376 e. The Bertz CT molecular complexity index is 892. The second kappa shape index (κ2) is 7.80. The van der Waals surface area contributed by atoms with E-state index in [0.29, 0.717) is 11.6 Å². The molecule has 0 aliphatic rings. The molecule has 8 heteroatoms. The van der Waals surface area contributed by atoms with E-state index >= 15 is 0 Å². The first-order valence-electron chi connectivity index (χ1n) is 8.47. The van der Waals surface area contributed by atoms with E-state index in [-0.39, 0.29) is 10.6 Å². The van der Waals surface area contributed by atoms with Crippen LogP contribution in [0.3, 0.4) is 0 Å². The maximum absolute atomic E-state index is 13.0. The maximum Gasteiger partial charge on any atom is 0.416 e. The number of hydrogen-bond acceptors (Lipinski definition) is 3. The van der Waals surface area contributed by atoms with Crippen LogP contribution in [-0.4, -0.2) is 22.5 Å². The molecule has 0 amide bonds. The Morgan fingerprint density at radius 3 is 2.15 bits per heavy atom. The Morgan fingerprint density at radius 1 is 1.07 bits per heavy atom. The quantitative estimate of drug-likeness (QED) is 0.735. The zero-order chi connectivity index (χ0) is 20.4. The van der Waals surface area contributed by atoms with Gasteiger partial charge in [0.05, 0.1) is 21.8 Å². The van der Waals surface area contributed by atoms with Gasteiger partial charge in [-0.25, -0.2) is 8.42 Å². The molecule has 0 radical (unpaired) electrons. The Morgan fingerprint density at radius 2 is 1.67 bits per heavy atom. The van der Waals surface area contributed by atoms with Crippen LogP contribution in [0.1, 0.15) is 37.3 Å². The molecule has 0 aromatic heterocycles. The number of alkyl halides is 3. The summed E-state index contributed by atoms with van der Waals surface area (Å²) in [4.78, 5) is 1.54. The lowest BCUT2D eigenvalue weighted by atomic mass is 9.99. The van der Waals surface area contributed by atoms with Gasteiger partial charge in [-0.05, 0) is 48.2 Å². The van der Waals surface area contributed by atoms with Crippen molar-refractivity contribution in [3.05, 3.63) is 53.6 Å². The molecule has 1 N–H and O–H groups in total. The Balaban J connectivity index is 2.41. The van der Waals surface area contributed by atoms with Crippen LogP contribution in [0.2, 0.25) is 0 Å². The fourth-order valence-electron chi connectivity index (χ4n) is 2.60. The van der Waals surface area contributed by atoms with Gasteiger partial charge in [0.1, 0.15) is 0 Å². The van der Waals surface area contributed by atoms with Crippen molar-refractivity contribution < 1.29 is 21.6 Å². The highest BCUT2D eigenvalue weighted by molar-refractivity contribution is 7.92. The first-order valence-corrected chi connectivity index (χ1v) is 9.95.